The molecule has 0 aliphatic carbocycles. The summed E-state index contributed by atoms with van der Waals surface area (Å²) in [5.74, 6) is -1.02. The van der Waals surface area contributed by atoms with Gasteiger partial charge in [0.15, 0.2) is 6.29 Å². The molecule has 0 aromatic rings. The monoisotopic (exact) mass is 204 g/mol. The van der Waals surface area contributed by atoms with E-state index in [1.165, 1.54) is 21.3 Å². The molecule has 0 aromatic heterocycles. The van der Waals surface area contributed by atoms with Crippen LogP contribution in [0.3, 0.4) is 0 Å². The van der Waals surface area contributed by atoms with Crippen LogP contribution in [0.1, 0.15) is 0 Å². The van der Waals surface area contributed by atoms with Gasteiger partial charge >= 0.3 is 0 Å². The lowest BCUT2D eigenvalue weighted by molar-refractivity contribution is -0.332. The van der Waals surface area contributed by atoms with Gasteiger partial charge in [0.05, 0.1) is 0 Å². The highest BCUT2D eigenvalue weighted by atomic mass is 16.8. The van der Waals surface area contributed by atoms with E-state index in [9.17, 15) is 0 Å². The van der Waals surface area contributed by atoms with Crippen LogP contribution >= 0.6 is 0 Å². The summed E-state index contributed by atoms with van der Waals surface area (Å²) in [6.07, 6.45) is 2.42. The summed E-state index contributed by atoms with van der Waals surface area (Å²) in [7, 11) is 6.11. The molecule has 0 bridgehead atoms. The lowest BCUT2D eigenvalue weighted by Crippen LogP contribution is -2.46. The summed E-state index contributed by atoms with van der Waals surface area (Å²) < 4.78 is 25.9. The Morgan fingerprint density at radius 1 is 1.21 bits per heavy atom. The van der Waals surface area contributed by atoms with Gasteiger partial charge < -0.3 is 23.7 Å². The molecule has 14 heavy (non-hydrogen) atoms. The van der Waals surface area contributed by atoms with Crippen LogP contribution < -0.4 is 0 Å². The topological polar surface area (TPSA) is 46.2 Å². The molecule has 1 aliphatic heterocycles. The molecule has 0 unspecified atom stereocenters. The van der Waals surface area contributed by atoms with Gasteiger partial charge in [-0.1, -0.05) is 0 Å². The van der Waals surface area contributed by atoms with Gasteiger partial charge in [-0.25, -0.2) is 0 Å². The minimum atomic E-state index is -1.02. The molecule has 1 heterocycles. The number of ether oxygens (including phenoxy) is 5. The van der Waals surface area contributed by atoms with E-state index in [0.29, 0.717) is 0 Å². The Morgan fingerprint density at radius 3 is 2.21 bits per heavy atom. The Hall–Kier alpha value is -0.460. The first kappa shape index (κ1) is 11.6. The quantitative estimate of drug-likeness (QED) is 0.482. The van der Waals surface area contributed by atoms with Gasteiger partial charge in [0.25, 0.3) is 0 Å². The highest BCUT2D eigenvalue weighted by Crippen LogP contribution is 2.29. The van der Waals surface area contributed by atoms with E-state index in [4.69, 9.17) is 23.7 Å². The number of rotatable bonds is 5. The summed E-state index contributed by atoms with van der Waals surface area (Å²) >= 11 is 0. The summed E-state index contributed by atoms with van der Waals surface area (Å²) in [4.78, 5) is 0. The molecule has 0 fully saturated rings. The smallest absolute Gasteiger partial charge is 0.243 e. The van der Waals surface area contributed by atoms with Crippen LogP contribution in [-0.4, -0.2) is 46.8 Å². The fourth-order valence-corrected chi connectivity index (χ4v) is 1.37. The van der Waals surface area contributed by atoms with Crippen molar-refractivity contribution < 1.29 is 23.7 Å². The molecule has 82 valence electrons. The fourth-order valence-electron chi connectivity index (χ4n) is 1.37. The Morgan fingerprint density at radius 2 is 1.86 bits per heavy atom. The summed E-state index contributed by atoms with van der Waals surface area (Å²) in [5.41, 5.74) is 0. The third kappa shape index (κ3) is 1.97. The molecule has 0 saturated carbocycles. The standard InChI is InChI=1S/C9H16O5/c1-10-7-5-6-9(13-4,14-7)8(11-2)12-3/h5-8H,1-4H3/t7-,9-/m1/s1. The third-order valence-electron chi connectivity index (χ3n) is 2.09. The second-order valence-corrected chi connectivity index (χ2v) is 2.81. The SMILES string of the molecule is COC(OC)[C@@]1(OC)C=C[C@H](OC)O1. The zero-order valence-electron chi connectivity index (χ0n) is 8.85. The summed E-state index contributed by atoms with van der Waals surface area (Å²) in [6.45, 7) is 0. The largest absolute Gasteiger partial charge is 0.352 e. The molecule has 2 atom stereocenters. The molecule has 0 N–H and O–H groups in total. The van der Waals surface area contributed by atoms with E-state index in [-0.39, 0.29) is 0 Å². The molecule has 0 spiro atoms. The molecule has 1 rings (SSSR count). The maximum Gasteiger partial charge on any atom is 0.243 e. The lowest BCUT2D eigenvalue weighted by Gasteiger charge is -2.32. The maximum absolute atomic E-state index is 5.49. The Balaban J connectivity index is 2.74. The molecule has 5 heteroatoms. The van der Waals surface area contributed by atoms with Crippen molar-refractivity contribution in [3.05, 3.63) is 12.2 Å². The third-order valence-corrected chi connectivity index (χ3v) is 2.09. The minimum absolute atomic E-state index is 0.428. The average molecular weight is 204 g/mol. The van der Waals surface area contributed by atoms with Crippen molar-refractivity contribution in [1.29, 1.82) is 0 Å². The van der Waals surface area contributed by atoms with Crippen LogP contribution in [0, 0.1) is 0 Å². The van der Waals surface area contributed by atoms with E-state index < -0.39 is 18.4 Å². The number of methoxy groups -OCH3 is 4. The first-order valence-corrected chi connectivity index (χ1v) is 4.23. The first-order chi connectivity index (χ1) is 6.72. The zero-order chi connectivity index (χ0) is 10.6. The van der Waals surface area contributed by atoms with Gasteiger partial charge in [0, 0.05) is 28.4 Å². The Labute approximate surface area is 83.5 Å². The second-order valence-electron chi connectivity index (χ2n) is 2.81. The van der Waals surface area contributed by atoms with Crippen LogP contribution in [0.4, 0.5) is 0 Å². The normalized spacial score (nSPS) is 31.6. The van der Waals surface area contributed by atoms with Gasteiger partial charge in [-0.15, -0.1) is 0 Å². The van der Waals surface area contributed by atoms with Crippen LogP contribution in [0.2, 0.25) is 0 Å². The van der Waals surface area contributed by atoms with E-state index >= 15 is 0 Å². The predicted octanol–water partition coefficient (Wildman–Crippen LogP) is 0.507. The molecule has 1 aliphatic rings. The second kappa shape index (κ2) is 4.86. The lowest BCUT2D eigenvalue weighted by atomic mass is 10.2. The van der Waals surface area contributed by atoms with Crippen molar-refractivity contribution in [3.63, 3.8) is 0 Å². The fraction of sp³-hybridized carbons (Fsp3) is 0.778. The molecular weight excluding hydrogens is 188 g/mol. The Bertz CT molecular complexity index is 201. The average Bonchev–Trinajstić information content (AvgIpc) is 2.65. The number of hydrogen-bond acceptors (Lipinski definition) is 5. The van der Waals surface area contributed by atoms with Crippen molar-refractivity contribution in [2.75, 3.05) is 28.4 Å². The summed E-state index contributed by atoms with van der Waals surface area (Å²) in [6, 6.07) is 0. The highest BCUT2D eigenvalue weighted by molar-refractivity contribution is 5.06. The van der Waals surface area contributed by atoms with E-state index in [1.807, 2.05) is 0 Å². The van der Waals surface area contributed by atoms with Gasteiger partial charge in [-0.3, -0.25) is 0 Å². The minimum Gasteiger partial charge on any atom is -0.352 e. The van der Waals surface area contributed by atoms with E-state index in [0.717, 1.165) is 0 Å². The molecule has 5 nitrogen and oxygen atoms in total. The van der Waals surface area contributed by atoms with Crippen molar-refractivity contribution in [2.24, 2.45) is 0 Å². The van der Waals surface area contributed by atoms with Crippen molar-refractivity contribution in [1.82, 2.24) is 0 Å². The van der Waals surface area contributed by atoms with Crippen LogP contribution in [0.15, 0.2) is 12.2 Å². The predicted molar refractivity (Wildman–Crippen MR) is 48.6 cm³/mol. The molecule has 0 saturated heterocycles. The van der Waals surface area contributed by atoms with E-state index in [2.05, 4.69) is 0 Å². The molecule has 0 amide bonds. The van der Waals surface area contributed by atoms with Crippen molar-refractivity contribution in [3.8, 4) is 0 Å². The first-order valence-electron chi connectivity index (χ1n) is 4.23. The highest BCUT2D eigenvalue weighted by Gasteiger charge is 2.44. The van der Waals surface area contributed by atoms with Gasteiger partial charge in [0.1, 0.15) is 0 Å². The molecule has 0 aromatic carbocycles. The van der Waals surface area contributed by atoms with Crippen LogP contribution in [0.5, 0.6) is 0 Å². The number of hydrogen-bond donors (Lipinski definition) is 0. The Kier molecular flexibility index (Phi) is 4.03. The zero-order valence-corrected chi connectivity index (χ0v) is 8.85. The summed E-state index contributed by atoms with van der Waals surface area (Å²) in [5, 5.41) is 0. The van der Waals surface area contributed by atoms with Gasteiger partial charge in [-0.05, 0) is 12.2 Å². The van der Waals surface area contributed by atoms with Crippen molar-refractivity contribution in [2.45, 2.75) is 18.4 Å². The van der Waals surface area contributed by atoms with Gasteiger partial charge in [-0.2, -0.15) is 0 Å². The van der Waals surface area contributed by atoms with Crippen LogP contribution in [-0.2, 0) is 23.7 Å². The van der Waals surface area contributed by atoms with Crippen molar-refractivity contribution >= 4 is 0 Å². The van der Waals surface area contributed by atoms with Crippen LogP contribution in [0.25, 0.3) is 0 Å². The molecular formula is C9H16O5. The molecule has 0 radical (unpaired) electrons. The van der Waals surface area contributed by atoms with Gasteiger partial charge in [0.2, 0.25) is 12.1 Å². The van der Waals surface area contributed by atoms with E-state index in [1.54, 1.807) is 19.3 Å². The maximum atomic E-state index is 5.49.